The summed E-state index contributed by atoms with van der Waals surface area (Å²) in [5.74, 6) is 1.92. The Labute approximate surface area is 123 Å². The van der Waals surface area contributed by atoms with Gasteiger partial charge in [0.15, 0.2) is 0 Å². The van der Waals surface area contributed by atoms with Crippen LogP contribution in [0.15, 0.2) is 24.3 Å². The standard InChI is InChI=1S/C18H28N2/c1-14-5-4-8-16(11-14)18(12-19)20-10-9-15-6-2-3-7-17(15)13-20/h4-5,8,11,15,17-18H,2-3,6-7,9-10,12-13,19H2,1H3. The molecule has 2 N–H and O–H groups in total. The van der Waals surface area contributed by atoms with E-state index in [1.54, 1.807) is 0 Å². The number of likely N-dealkylation sites (tertiary alicyclic amines) is 1. The molecule has 2 fully saturated rings. The first-order valence-electron chi connectivity index (χ1n) is 8.28. The van der Waals surface area contributed by atoms with Gasteiger partial charge in [0.2, 0.25) is 0 Å². The molecule has 20 heavy (non-hydrogen) atoms. The first-order valence-corrected chi connectivity index (χ1v) is 8.28. The minimum Gasteiger partial charge on any atom is -0.329 e. The molecule has 1 aromatic carbocycles. The number of hydrogen-bond donors (Lipinski definition) is 1. The van der Waals surface area contributed by atoms with Gasteiger partial charge in [-0.25, -0.2) is 0 Å². The van der Waals surface area contributed by atoms with Crippen LogP contribution in [-0.4, -0.2) is 24.5 Å². The van der Waals surface area contributed by atoms with Crippen molar-refractivity contribution in [2.45, 2.75) is 45.1 Å². The van der Waals surface area contributed by atoms with Crippen molar-refractivity contribution in [1.29, 1.82) is 0 Å². The highest BCUT2D eigenvalue weighted by molar-refractivity contribution is 5.25. The van der Waals surface area contributed by atoms with Gasteiger partial charge in [-0.3, -0.25) is 4.90 Å². The lowest BCUT2D eigenvalue weighted by atomic mass is 9.74. The number of rotatable bonds is 3. The van der Waals surface area contributed by atoms with E-state index in [0.717, 1.165) is 18.4 Å². The van der Waals surface area contributed by atoms with Crippen molar-refractivity contribution in [2.75, 3.05) is 19.6 Å². The third-order valence-corrected chi connectivity index (χ3v) is 5.41. The van der Waals surface area contributed by atoms with E-state index in [2.05, 4.69) is 36.1 Å². The Bertz CT molecular complexity index is 443. The van der Waals surface area contributed by atoms with Gasteiger partial charge in [-0.1, -0.05) is 49.1 Å². The number of fused-ring (bicyclic) bond motifs is 1. The quantitative estimate of drug-likeness (QED) is 0.912. The molecule has 0 radical (unpaired) electrons. The molecular weight excluding hydrogens is 244 g/mol. The van der Waals surface area contributed by atoms with Gasteiger partial charge in [0.05, 0.1) is 0 Å². The smallest absolute Gasteiger partial charge is 0.0470 e. The Morgan fingerprint density at radius 2 is 2.00 bits per heavy atom. The minimum atomic E-state index is 0.415. The second-order valence-corrected chi connectivity index (χ2v) is 6.75. The van der Waals surface area contributed by atoms with Crippen LogP contribution < -0.4 is 5.73 Å². The average Bonchev–Trinajstić information content (AvgIpc) is 2.48. The Morgan fingerprint density at radius 3 is 2.75 bits per heavy atom. The fraction of sp³-hybridized carbons (Fsp3) is 0.667. The molecule has 1 aromatic rings. The lowest BCUT2D eigenvalue weighted by Gasteiger charge is -2.44. The van der Waals surface area contributed by atoms with Gasteiger partial charge in [0, 0.05) is 19.1 Å². The number of aryl methyl sites for hydroxylation is 1. The first-order chi connectivity index (χ1) is 9.78. The molecule has 3 rings (SSSR count). The molecule has 2 heteroatoms. The summed E-state index contributed by atoms with van der Waals surface area (Å²) < 4.78 is 0. The fourth-order valence-corrected chi connectivity index (χ4v) is 4.29. The van der Waals surface area contributed by atoms with Crippen molar-refractivity contribution in [3.63, 3.8) is 0 Å². The molecule has 1 saturated carbocycles. The first kappa shape index (κ1) is 14.1. The number of hydrogen-bond acceptors (Lipinski definition) is 2. The molecule has 0 aromatic heterocycles. The molecule has 3 unspecified atom stereocenters. The van der Waals surface area contributed by atoms with Gasteiger partial charge in [0.1, 0.15) is 0 Å². The predicted octanol–water partition coefficient (Wildman–Crippen LogP) is 3.51. The number of nitrogens with two attached hydrogens (primary N) is 1. The molecule has 2 aliphatic rings. The number of piperidine rings is 1. The van der Waals surface area contributed by atoms with Crippen LogP contribution in [0.1, 0.15) is 49.3 Å². The zero-order valence-corrected chi connectivity index (χ0v) is 12.7. The predicted molar refractivity (Wildman–Crippen MR) is 84.6 cm³/mol. The van der Waals surface area contributed by atoms with Crippen LogP contribution in [0.2, 0.25) is 0 Å². The van der Waals surface area contributed by atoms with Crippen LogP contribution in [0.5, 0.6) is 0 Å². The van der Waals surface area contributed by atoms with E-state index < -0.39 is 0 Å². The maximum absolute atomic E-state index is 6.11. The SMILES string of the molecule is Cc1cccc(C(CN)N2CCC3CCCCC3C2)c1. The maximum atomic E-state index is 6.11. The summed E-state index contributed by atoms with van der Waals surface area (Å²) in [5.41, 5.74) is 8.86. The Balaban J connectivity index is 1.73. The summed E-state index contributed by atoms with van der Waals surface area (Å²) in [6.45, 7) is 5.41. The third kappa shape index (κ3) is 2.91. The normalized spacial score (nSPS) is 28.9. The van der Waals surface area contributed by atoms with Crippen LogP contribution in [0.4, 0.5) is 0 Å². The van der Waals surface area contributed by atoms with Gasteiger partial charge in [-0.05, 0) is 43.7 Å². The van der Waals surface area contributed by atoms with Crippen molar-refractivity contribution in [2.24, 2.45) is 17.6 Å². The molecule has 110 valence electrons. The molecule has 3 atom stereocenters. The van der Waals surface area contributed by atoms with E-state index in [1.807, 2.05) is 0 Å². The van der Waals surface area contributed by atoms with E-state index in [-0.39, 0.29) is 0 Å². The van der Waals surface area contributed by atoms with Crippen molar-refractivity contribution in [3.05, 3.63) is 35.4 Å². The number of benzene rings is 1. The highest BCUT2D eigenvalue weighted by Crippen LogP contribution is 2.38. The van der Waals surface area contributed by atoms with Crippen LogP contribution >= 0.6 is 0 Å². The second kappa shape index (κ2) is 6.28. The van der Waals surface area contributed by atoms with Crippen LogP contribution in [0.3, 0.4) is 0 Å². The van der Waals surface area contributed by atoms with Gasteiger partial charge in [0.25, 0.3) is 0 Å². The Morgan fingerprint density at radius 1 is 1.20 bits per heavy atom. The topological polar surface area (TPSA) is 29.3 Å². The van der Waals surface area contributed by atoms with Gasteiger partial charge in [-0.15, -0.1) is 0 Å². The minimum absolute atomic E-state index is 0.415. The van der Waals surface area contributed by atoms with E-state index in [4.69, 9.17) is 5.73 Å². The van der Waals surface area contributed by atoms with Crippen LogP contribution in [0, 0.1) is 18.8 Å². The van der Waals surface area contributed by atoms with Gasteiger partial charge < -0.3 is 5.73 Å². The molecule has 1 aliphatic carbocycles. The van der Waals surface area contributed by atoms with E-state index in [9.17, 15) is 0 Å². The highest BCUT2D eigenvalue weighted by Gasteiger charge is 2.33. The second-order valence-electron chi connectivity index (χ2n) is 6.75. The zero-order valence-electron chi connectivity index (χ0n) is 12.7. The van der Waals surface area contributed by atoms with E-state index >= 15 is 0 Å². The summed E-state index contributed by atoms with van der Waals surface area (Å²) in [7, 11) is 0. The highest BCUT2D eigenvalue weighted by atomic mass is 15.2. The van der Waals surface area contributed by atoms with Crippen LogP contribution in [0.25, 0.3) is 0 Å². The molecule has 0 spiro atoms. The van der Waals surface area contributed by atoms with E-state index in [0.29, 0.717) is 6.04 Å². The van der Waals surface area contributed by atoms with Crippen molar-refractivity contribution in [3.8, 4) is 0 Å². The van der Waals surface area contributed by atoms with Crippen molar-refractivity contribution >= 4 is 0 Å². The summed E-state index contributed by atoms with van der Waals surface area (Å²) in [6.07, 6.45) is 7.18. The average molecular weight is 272 g/mol. The largest absolute Gasteiger partial charge is 0.329 e. The zero-order chi connectivity index (χ0) is 13.9. The molecular formula is C18H28N2. The lowest BCUT2D eigenvalue weighted by Crippen LogP contribution is -2.45. The summed E-state index contributed by atoms with van der Waals surface area (Å²) >= 11 is 0. The van der Waals surface area contributed by atoms with Crippen molar-refractivity contribution in [1.82, 2.24) is 4.90 Å². The Kier molecular flexibility index (Phi) is 4.42. The number of nitrogens with zero attached hydrogens (tertiary/aromatic N) is 1. The maximum Gasteiger partial charge on any atom is 0.0470 e. The molecule has 0 amide bonds. The summed E-state index contributed by atoms with van der Waals surface area (Å²) in [4.78, 5) is 2.65. The molecule has 0 bridgehead atoms. The molecule has 1 saturated heterocycles. The third-order valence-electron chi connectivity index (χ3n) is 5.41. The monoisotopic (exact) mass is 272 g/mol. The summed E-state index contributed by atoms with van der Waals surface area (Å²) in [6, 6.07) is 9.31. The van der Waals surface area contributed by atoms with Gasteiger partial charge >= 0.3 is 0 Å². The molecule has 1 aliphatic heterocycles. The van der Waals surface area contributed by atoms with Crippen LogP contribution in [-0.2, 0) is 0 Å². The molecule has 2 nitrogen and oxygen atoms in total. The van der Waals surface area contributed by atoms with Crippen molar-refractivity contribution < 1.29 is 0 Å². The lowest BCUT2D eigenvalue weighted by molar-refractivity contribution is 0.0586. The van der Waals surface area contributed by atoms with Gasteiger partial charge in [-0.2, -0.15) is 0 Å². The molecule has 1 heterocycles. The Hall–Kier alpha value is -0.860. The fourth-order valence-electron chi connectivity index (χ4n) is 4.29. The van der Waals surface area contributed by atoms with E-state index in [1.165, 1.54) is 56.3 Å². The summed E-state index contributed by atoms with van der Waals surface area (Å²) in [5, 5.41) is 0.